The van der Waals surface area contributed by atoms with Gasteiger partial charge in [0.15, 0.2) is 11.5 Å². The molecule has 8 nitrogen and oxygen atoms in total. The zero-order chi connectivity index (χ0) is 32.5. The molecule has 3 aromatic rings. The van der Waals surface area contributed by atoms with Crippen LogP contribution < -0.4 is 19.7 Å². The highest BCUT2D eigenvalue weighted by Crippen LogP contribution is 2.44. The van der Waals surface area contributed by atoms with Crippen LogP contribution in [0.4, 0.5) is 10.5 Å². The highest BCUT2D eigenvalue weighted by Gasteiger charge is 2.39. The third-order valence-electron chi connectivity index (χ3n) is 8.86. The Hall–Kier alpha value is -3.75. The number of fused-ring (bicyclic) bond motifs is 1. The molecule has 9 heteroatoms. The van der Waals surface area contributed by atoms with E-state index in [1.165, 1.54) is 0 Å². The molecular weight excluding hydrogens is 590 g/mol. The number of amides is 3. The maximum Gasteiger partial charge on any atom is 0.317 e. The molecule has 240 valence electrons. The Morgan fingerprint density at radius 1 is 1.00 bits per heavy atom. The minimum Gasteiger partial charge on any atom is -0.493 e. The number of benzene rings is 3. The minimum atomic E-state index is -1.09. The second kappa shape index (κ2) is 13.3. The van der Waals surface area contributed by atoms with Gasteiger partial charge < -0.3 is 29.7 Å². The molecule has 3 amide bonds. The molecule has 2 N–H and O–H groups in total. The second-order valence-electron chi connectivity index (χ2n) is 12.8. The number of nitrogens with zero attached hydrogens (tertiary/aromatic N) is 2. The van der Waals surface area contributed by atoms with Gasteiger partial charge in [-0.3, -0.25) is 4.79 Å². The van der Waals surface area contributed by atoms with E-state index in [4.69, 9.17) is 21.1 Å². The molecule has 0 spiro atoms. The van der Waals surface area contributed by atoms with Crippen molar-refractivity contribution < 1.29 is 24.2 Å². The number of methoxy groups -OCH3 is 1. The first-order valence-corrected chi connectivity index (χ1v) is 16.1. The molecule has 0 aromatic heterocycles. The Morgan fingerprint density at radius 2 is 1.64 bits per heavy atom. The summed E-state index contributed by atoms with van der Waals surface area (Å²) in [6.45, 7) is 10.9. The van der Waals surface area contributed by atoms with Crippen LogP contribution in [0.25, 0.3) is 0 Å². The number of carbonyl (C=O) groups excluding carboxylic acids is 2. The molecule has 3 aromatic carbocycles. The van der Waals surface area contributed by atoms with Crippen LogP contribution in [0.5, 0.6) is 11.5 Å². The lowest BCUT2D eigenvalue weighted by Crippen LogP contribution is -2.49. The van der Waals surface area contributed by atoms with E-state index in [0.29, 0.717) is 42.5 Å². The summed E-state index contributed by atoms with van der Waals surface area (Å²) >= 11 is 6.26. The first kappa shape index (κ1) is 32.6. The van der Waals surface area contributed by atoms with Gasteiger partial charge in [0.05, 0.1) is 31.3 Å². The number of nitrogens with one attached hydrogen (secondary N) is 1. The van der Waals surface area contributed by atoms with Crippen LogP contribution in [-0.2, 0) is 16.8 Å². The number of rotatable bonds is 8. The van der Waals surface area contributed by atoms with Crippen LogP contribution in [0.3, 0.4) is 0 Å². The second-order valence-corrected chi connectivity index (χ2v) is 13.3. The van der Waals surface area contributed by atoms with Crippen molar-refractivity contribution in [3.05, 3.63) is 87.9 Å². The summed E-state index contributed by atoms with van der Waals surface area (Å²) in [5, 5.41) is 15.3. The van der Waals surface area contributed by atoms with Gasteiger partial charge in [0.2, 0.25) is 5.91 Å². The van der Waals surface area contributed by atoms with Crippen molar-refractivity contribution in [2.24, 2.45) is 5.92 Å². The number of carbonyl (C=O) groups is 2. The molecule has 0 aliphatic carbocycles. The lowest BCUT2D eigenvalue weighted by Gasteiger charge is -2.40. The lowest BCUT2D eigenvalue weighted by molar-refractivity contribution is -0.118. The van der Waals surface area contributed by atoms with Crippen LogP contribution in [0, 0.1) is 5.92 Å². The van der Waals surface area contributed by atoms with Gasteiger partial charge >= 0.3 is 6.03 Å². The third-order valence-corrected chi connectivity index (χ3v) is 9.11. The van der Waals surface area contributed by atoms with Crippen molar-refractivity contribution in [2.45, 2.75) is 77.7 Å². The highest BCUT2D eigenvalue weighted by molar-refractivity contribution is 6.30. The molecule has 0 bridgehead atoms. The molecule has 2 heterocycles. The number of aliphatic hydroxyl groups is 1. The van der Waals surface area contributed by atoms with Gasteiger partial charge in [-0.1, -0.05) is 35.9 Å². The minimum absolute atomic E-state index is 0.00822. The number of halogens is 1. The van der Waals surface area contributed by atoms with Crippen LogP contribution in [0.2, 0.25) is 5.02 Å². The zero-order valence-electron chi connectivity index (χ0n) is 27.0. The number of urea groups is 1. The summed E-state index contributed by atoms with van der Waals surface area (Å²) < 4.78 is 11.7. The Labute approximate surface area is 271 Å². The molecule has 45 heavy (non-hydrogen) atoms. The maximum atomic E-state index is 13.9. The number of piperidine rings is 1. The van der Waals surface area contributed by atoms with E-state index in [1.807, 2.05) is 105 Å². The summed E-state index contributed by atoms with van der Waals surface area (Å²) in [7, 11) is 1.60. The largest absolute Gasteiger partial charge is 0.493 e. The first-order valence-electron chi connectivity index (χ1n) is 15.7. The first-order chi connectivity index (χ1) is 21.4. The Kier molecular flexibility index (Phi) is 9.65. The topological polar surface area (TPSA) is 91.3 Å². The smallest absolute Gasteiger partial charge is 0.317 e. The third kappa shape index (κ3) is 6.92. The van der Waals surface area contributed by atoms with Crippen molar-refractivity contribution in [1.82, 2.24) is 10.2 Å². The summed E-state index contributed by atoms with van der Waals surface area (Å²) in [5.74, 6) is 1.16. The van der Waals surface area contributed by atoms with Gasteiger partial charge in [-0.15, -0.1) is 0 Å². The zero-order valence-corrected chi connectivity index (χ0v) is 27.7. The van der Waals surface area contributed by atoms with Crippen molar-refractivity contribution in [1.29, 1.82) is 0 Å². The predicted molar refractivity (Wildman–Crippen MR) is 177 cm³/mol. The van der Waals surface area contributed by atoms with Crippen LogP contribution in [0.1, 0.15) is 75.8 Å². The van der Waals surface area contributed by atoms with E-state index in [0.717, 1.165) is 27.9 Å². The van der Waals surface area contributed by atoms with Gasteiger partial charge in [0.25, 0.3) is 0 Å². The number of hydrogen-bond acceptors (Lipinski definition) is 5. The normalized spacial score (nSPS) is 18.5. The van der Waals surface area contributed by atoms with Crippen LogP contribution in [0.15, 0.2) is 60.7 Å². The standard InChI is InChI=1S/C36H44ClN3O5/c1-22(2)38-35(42)39-17-15-27(16-18-39)36(5,43)26-9-13-29(14-10-26)40-33(41)20-25-19-31(44-6)32(45-23(3)4)21-30(25)34(40)24-7-11-28(37)12-8-24/h7-14,19,21-23,27,34,43H,15-18,20H2,1-6H3,(H,38,42)/t34-,36?/m0/s1. The molecule has 5 rings (SSSR count). The Bertz CT molecular complexity index is 1510. The molecule has 2 aliphatic rings. The van der Waals surface area contributed by atoms with E-state index >= 15 is 0 Å². The van der Waals surface area contributed by atoms with Gasteiger partial charge in [0.1, 0.15) is 0 Å². The average molecular weight is 634 g/mol. The van der Waals surface area contributed by atoms with Gasteiger partial charge in [-0.25, -0.2) is 4.79 Å². The molecule has 1 fully saturated rings. The van der Waals surface area contributed by atoms with Gasteiger partial charge in [-0.05, 0) is 112 Å². The molecule has 0 saturated carbocycles. The molecule has 0 radical (unpaired) electrons. The van der Waals surface area contributed by atoms with E-state index < -0.39 is 11.6 Å². The number of hydrogen-bond donors (Lipinski definition) is 2. The summed E-state index contributed by atoms with van der Waals surface area (Å²) in [5.41, 5.74) is 3.18. The summed E-state index contributed by atoms with van der Waals surface area (Å²) in [4.78, 5) is 30.0. The lowest BCUT2D eigenvalue weighted by atomic mass is 9.77. The SMILES string of the molecule is COc1cc2c(cc1OC(C)C)[C@H](c1ccc(Cl)cc1)N(c1ccc(C(C)(O)C3CCN(C(=O)NC(C)C)CC3)cc1)C(=O)C2. The van der Waals surface area contributed by atoms with Gasteiger partial charge in [0, 0.05) is 29.8 Å². The van der Waals surface area contributed by atoms with Crippen molar-refractivity contribution in [3.8, 4) is 11.5 Å². The van der Waals surface area contributed by atoms with Crippen LogP contribution in [-0.4, -0.2) is 54.3 Å². The van der Waals surface area contributed by atoms with Gasteiger partial charge in [-0.2, -0.15) is 0 Å². The monoisotopic (exact) mass is 633 g/mol. The fraction of sp³-hybridized carbons (Fsp3) is 0.444. The molecule has 2 atom stereocenters. The van der Waals surface area contributed by atoms with Crippen molar-refractivity contribution in [3.63, 3.8) is 0 Å². The fourth-order valence-corrected chi connectivity index (χ4v) is 6.63. The molecule has 1 saturated heterocycles. The highest BCUT2D eigenvalue weighted by atomic mass is 35.5. The number of likely N-dealkylation sites (tertiary alicyclic amines) is 1. The van der Waals surface area contributed by atoms with Crippen molar-refractivity contribution >= 4 is 29.2 Å². The quantitative estimate of drug-likeness (QED) is 0.283. The van der Waals surface area contributed by atoms with E-state index in [2.05, 4.69) is 5.32 Å². The van der Waals surface area contributed by atoms with E-state index in [1.54, 1.807) is 7.11 Å². The van der Waals surface area contributed by atoms with Crippen molar-refractivity contribution in [2.75, 3.05) is 25.1 Å². The number of anilines is 1. The summed E-state index contributed by atoms with van der Waals surface area (Å²) in [6.07, 6.45) is 1.55. The Balaban J connectivity index is 1.45. The van der Waals surface area contributed by atoms with E-state index in [9.17, 15) is 14.7 Å². The summed E-state index contributed by atoms with van der Waals surface area (Å²) in [6, 6.07) is 18.7. The van der Waals surface area contributed by atoms with Crippen LogP contribution >= 0.6 is 11.6 Å². The molecule has 1 unspecified atom stereocenters. The fourth-order valence-electron chi connectivity index (χ4n) is 6.51. The molecule has 2 aliphatic heterocycles. The molecular formula is C36H44ClN3O5. The predicted octanol–water partition coefficient (Wildman–Crippen LogP) is 6.85. The average Bonchev–Trinajstić information content (AvgIpc) is 3.00. The Morgan fingerprint density at radius 3 is 2.22 bits per heavy atom. The number of ether oxygens (including phenoxy) is 2. The maximum absolute atomic E-state index is 13.9. The van der Waals surface area contributed by atoms with E-state index in [-0.39, 0.29) is 36.4 Å².